The zero-order valence-corrected chi connectivity index (χ0v) is 16.8. The van der Waals surface area contributed by atoms with Gasteiger partial charge in [0.05, 0.1) is 29.6 Å². The minimum atomic E-state index is -4.50. The predicted molar refractivity (Wildman–Crippen MR) is 105 cm³/mol. The van der Waals surface area contributed by atoms with Crippen molar-refractivity contribution in [3.63, 3.8) is 0 Å². The lowest BCUT2D eigenvalue weighted by atomic mass is 10.1. The maximum atomic E-state index is 13.7. The van der Waals surface area contributed by atoms with Crippen LogP contribution in [0.25, 0.3) is 5.69 Å². The molecule has 0 bridgehead atoms. The summed E-state index contributed by atoms with van der Waals surface area (Å²) in [5, 5.41) is 17.1. The molecule has 0 radical (unpaired) electrons. The molecule has 1 atom stereocenters. The second kappa shape index (κ2) is 8.44. The van der Waals surface area contributed by atoms with E-state index in [1.54, 1.807) is 19.9 Å². The fraction of sp³-hybridized carbons (Fsp3) is 0.500. The van der Waals surface area contributed by atoms with Crippen LogP contribution >= 0.6 is 0 Å². The van der Waals surface area contributed by atoms with Gasteiger partial charge in [0.2, 0.25) is 0 Å². The van der Waals surface area contributed by atoms with E-state index < -0.39 is 17.8 Å². The van der Waals surface area contributed by atoms with Crippen LogP contribution in [0.1, 0.15) is 35.9 Å². The molecule has 1 aromatic heterocycles. The molecular weight excluding hydrogens is 383 g/mol. The predicted octanol–water partition coefficient (Wildman–Crippen LogP) is 3.04. The second-order valence-corrected chi connectivity index (χ2v) is 7.24. The second-order valence-electron chi connectivity index (χ2n) is 7.24. The van der Waals surface area contributed by atoms with Crippen molar-refractivity contribution in [3.8, 4) is 5.69 Å². The van der Waals surface area contributed by atoms with Crippen LogP contribution in [0.4, 0.5) is 13.2 Å². The number of aliphatic imine (C=N–C) groups is 1. The molecule has 0 unspecified atom stereocenters. The lowest BCUT2D eigenvalue weighted by molar-refractivity contribution is -0.138. The molecule has 1 aliphatic rings. The van der Waals surface area contributed by atoms with Crippen LogP contribution < -0.4 is 5.32 Å². The highest BCUT2D eigenvalue weighted by atomic mass is 19.4. The Hall–Kier alpha value is -2.55. The first-order chi connectivity index (χ1) is 13.7. The molecule has 0 amide bonds. The molecule has 2 N–H and O–H groups in total. The number of aryl methyl sites for hydroxylation is 2. The summed E-state index contributed by atoms with van der Waals surface area (Å²) >= 11 is 0. The Balaban J connectivity index is 1.92. The summed E-state index contributed by atoms with van der Waals surface area (Å²) in [4.78, 5) is 6.26. The van der Waals surface area contributed by atoms with E-state index in [4.69, 9.17) is 0 Å². The van der Waals surface area contributed by atoms with Crippen LogP contribution in [0, 0.1) is 13.8 Å². The number of halogens is 3. The van der Waals surface area contributed by atoms with Gasteiger partial charge >= 0.3 is 6.18 Å². The van der Waals surface area contributed by atoms with Gasteiger partial charge in [0.1, 0.15) is 0 Å². The lowest BCUT2D eigenvalue weighted by Crippen LogP contribution is -2.40. The van der Waals surface area contributed by atoms with Crippen molar-refractivity contribution in [1.29, 1.82) is 0 Å². The van der Waals surface area contributed by atoms with E-state index in [0.29, 0.717) is 37.7 Å². The normalized spacial score (nSPS) is 17.8. The minimum absolute atomic E-state index is 0.0953. The molecule has 158 valence electrons. The Morgan fingerprint density at radius 2 is 2.07 bits per heavy atom. The van der Waals surface area contributed by atoms with Gasteiger partial charge in [-0.1, -0.05) is 6.07 Å². The number of β-amino-alcohol motifs (C(OH)–C–C–N with tert-alkyl or cyclic N) is 1. The Kier molecular flexibility index (Phi) is 6.16. The zero-order valence-electron chi connectivity index (χ0n) is 16.8. The number of nitrogens with zero attached hydrogens (tertiary/aromatic N) is 4. The van der Waals surface area contributed by atoms with Crippen molar-refractivity contribution < 1.29 is 18.3 Å². The zero-order chi connectivity index (χ0) is 21.2. The van der Waals surface area contributed by atoms with Crippen LogP contribution in [-0.2, 0) is 12.7 Å². The fourth-order valence-electron chi connectivity index (χ4n) is 3.51. The molecule has 1 fully saturated rings. The van der Waals surface area contributed by atoms with Gasteiger partial charge in [-0.3, -0.25) is 0 Å². The molecule has 3 rings (SSSR count). The summed E-state index contributed by atoms with van der Waals surface area (Å²) in [5.41, 5.74) is 1.25. The van der Waals surface area contributed by atoms with E-state index in [1.165, 1.54) is 10.7 Å². The van der Waals surface area contributed by atoms with Crippen LogP contribution in [0.2, 0.25) is 0 Å². The third-order valence-corrected chi connectivity index (χ3v) is 4.85. The average molecular weight is 409 g/mol. The van der Waals surface area contributed by atoms with Crippen LogP contribution in [0.5, 0.6) is 0 Å². The summed E-state index contributed by atoms with van der Waals surface area (Å²) in [6.45, 7) is 7.03. The summed E-state index contributed by atoms with van der Waals surface area (Å²) in [7, 11) is 0. The Labute approximate surface area is 168 Å². The Bertz CT molecular complexity index is 891. The van der Waals surface area contributed by atoms with Gasteiger partial charge in [-0.05, 0) is 51.0 Å². The minimum Gasteiger partial charge on any atom is -0.391 e. The third-order valence-electron chi connectivity index (χ3n) is 4.85. The number of aromatic nitrogens is 2. The first kappa shape index (κ1) is 21.2. The van der Waals surface area contributed by atoms with Gasteiger partial charge in [-0.2, -0.15) is 18.3 Å². The fourth-order valence-corrected chi connectivity index (χ4v) is 3.51. The molecule has 0 aliphatic carbocycles. The molecule has 6 nitrogen and oxygen atoms in total. The number of hydrogen-bond donors (Lipinski definition) is 2. The smallest absolute Gasteiger partial charge is 0.391 e. The maximum Gasteiger partial charge on any atom is 0.416 e. The molecule has 1 aromatic carbocycles. The number of aliphatic hydroxyl groups excluding tert-OH is 1. The number of hydrogen-bond acceptors (Lipinski definition) is 3. The van der Waals surface area contributed by atoms with Crippen LogP contribution in [0.15, 0.2) is 29.3 Å². The monoisotopic (exact) mass is 409 g/mol. The molecule has 0 saturated carbocycles. The highest BCUT2D eigenvalue weighted by molar-refractivity contribution is 5.80. The van der Waals surface area contributed by atoms with E-state index in [-0.39, 0.29) is 12.1 Å². The maximum absolute atomic E-state index is 13.7. The van der Waals surface area contributed by atoms with E-state index in [2.05, 4.69) is 15.4 Å². The van der Waals surface area contributed by atoms with Gasteiger partial charge in [-0.15, -0.1) is 0 Å². The number of nitrogens with one attached hydrogen (secondary N) is 1. The first-order valence-electron chi connectivity index (χ1n) is 9.64. The quantitative estimate of drug-likeness (QED) is 0.602. The third kappa shape index (κ3) is 4.90. The van der Waals surface area contributed by atoms with Gasteiger partial charge in [-0.25, -0.2) is 9.67 Å². The molecule has 2 aromatic rings. The number of alkyl halides is 3. The van der Waals surface area contributed by atoms with Gasteiger partial charge < -0.3 is 15.3 Å². The van der Waals surface area contributed by atoms with Crippen molar-refractivity contribution in [1.82, 2.24) is 20.0 Å². The van der Waals surface area contributed by atoms with E-state index in [9.17, 15) is 18.3 Å². The number of likely N-dealkylation sites (tertiary alicyclic amines) is 1. The molecule has 1 saturated heterocycles. The number of aliphatic hydroxyl groups is 1. The highest BCUT2D eigenvalue weighted by Crippen LogP contribution is 2.34. The number of guanidine groups is 1. The summed E-state index contributed by atoms with van der Waals surface area (Å²) in [5.74, 6) is 0.514. The van der Waals surface area contributed by atoms with Crippen molar-refractivity contribution in [2.24, 2.45) is 4.99 Å². The van der Waals surface area contributed by atoms with Gasteiger partial charge in [0, 0.05) is 25.3 Å². The van der Waals surface area contributed by atoms with Crippen LogP contribution in [-0.4, -0.2) is 51.5 Å². The molecule has 9 heteroatoms. The van der Waals surface area contributed by atoms with E-state index >= 15 is 0 Å². The summed E-state index contributed by atoms with van der Waals surface area (Å²) in [6, 6.07) is 6.03. The van der Waals surface area contributed by atoms with E-state index in [1.807, 2.05) is 17.9 Å². The molecule has 0 spiro atoms. The van der Waals surface area contributed by atoms with Crippen molar-refractivity contribution in [2.75, 3.05) is 19.6 Å². The standard InChI is InChI=1S/C20H26F3N5O/c1-4-24-19(27-8-7-17(29)12-27)25-11-15-5-6-16(10-18(15)20(21,22)23)28-14(3)9-13(2)26-28/h5-6,9-10,17,29H,4,7-8,11-12H2,1-3H3,(H,24,25)/t17-/m1/s1. The SMILES string of the molecule is CCNC(=NCc1ccc(-n2nc(C)cc2C)cc1C(F)(F)F)N1CC[C@@H](O)C1. The molecule has 2 heterocycles. The lowest BCUT2D eigenvalue weighted by Gasteiger charge is -2.21. The Morgan fingerprint density at radius 3 is 2.62 bits per heavy atom. The largest absolute Gasteiger partial charge is 0.416 e. The van der Waals surface area contributed by atoms with Crippen molar-refractivity contribution in [3.05, 3.63) is 46.8 Å². The first-order valence-corrected chi connectivity index (χ1v) is 9.64. The van der Waals surface area contributed by atoms with E-state index in [0.717, 1.165) is 17.5 Å². The highest BCUT2D eigenvalue weighted by Gasteiger charge is 2.34. The van der Waals surface area contributed by atoms with Crippen molar-refractivity contribution >= 4 is 5.96 Å². The van der Waals surface area contributed by atoms with Gasteiger partial charge in [0.25, 0.3) is 0 Å². The summed E-state index contributed by atoms with van der Waals surface area (Å²) in [6.07, 6.45) is -4.32. The molecular formula is C20H26F3N5O. The molecule has 1 aliphatic heterocycles. The average Bonchev–Trinajstić information content (AvgIpc) is 3.22. The van der Waals surface area contributed by atoms with Gasteiger partial charge in [0.15, 0.2) is 5.96 Å². The number of benzene rings is 1. The number of rotatable bonds is 4. The topological polar surface area (TPSA) is 65.7 Å². The van der Waals surface area contributed by atoms with Crippen molar-refractivity contribution in [2.45, 2.75) is 46.0 Å². The summed E-state index contributed by atoms with van der Waals surface area (Å²) < 4.78 is 42.7. The Morgan fingerprint density at radius 1 is 1.31 bits per heavy atom. The van der Waals surface area contributed by atoms with Crippen LogP contribution in [0.3, 0.4) is 0 Å². The molecule has 29 heavy (non-hydrogen) atoms.